The number of fused-ring (bicyclic) bond motifs is 2. The number of anilines is 6. The molecule has 242 valence electrons. The van der Waals surface area contributed by atoms with Crippen LogP contribution in [0.25, 0.3) is 32.7 Å². The highest BCUT2D eigenvalue weighted by molar-refractivity contribution is 5.92. The summed E-state index contributed by atoms with van der Waals surface area (Å²) in [5.74, 6) is 0. The number of aryl methyl sites for hydroxylation is 4. The fourth-order valence-electron chi connectivity index (χ4n) is 7.25. The summed E-state index contributed by atoms with van der Waals surface area (Å²) in [4.78, 5) is 4.80. The van der Waals surface area contributed by atoms with Gasteiger partial charge in [-0.2, -0.15) is 0 Å². The molecule has 0 spiro atoms. The summed E-state index contributed by atoms with van der Waals surface area (Å²) in [5, 5.41) is 4.95. The quantitative estimate of drug-likeness (QED) is 0.170. The molecule has 0 aliphatic carbocycles. The number of hydrogen-bond donors (Lipinski definition) is 0. The van der Waals surface area contributed by atoms with E-state index in [2.05, 4.69) is 207 Å². The summed E-state index contributed by atoms with van der Waals surface area (Å²) in [5.41, 5.74) is 14.3. The van der Waals surface area contributed by atoms with Gasteiger partial charge in [0.2, 0.25) is 0 Å². The summed E-state index contributed by atoms with van der Waals surface area (Å²) in [7, 11) is 0. The first kappa shape index (κ1) is 31.2. The van der Waals surface area contributed by atoms with Crippen LogP contribution in [0.2, 0.25) is 0 Å². The molecular formula is C48H40N2. The number of para-hydroxylation sites is 2. The Balaban J connectivity index is 1.20. The van der Waals surface area contributed by atoms with Crippen molar-refractivity contribution in [3.05, 3.63) is 192 Å². The molecule has 0 N–H and O–H groups in total. The molecule has 0 aliphatic heterocycles. The van der Waals surface area contributed by atoms with Crippen LogP contribution >= 0.6 is 0 Å². The van der Waals surface area contributed by atoms with Crippen molar-refractivity contribution in [1.29, 1.82) is 0 Å². The Kier molecular flexibility index (Phi) is 8.14. The van der Waals surface area contributed by atoms with E-state index in [4.69, 9.17) is 0 Å². The molecule has 2 nitrogen and oxygen atoms in total. The van der Waals surface area contributed by atoms with Crippen LogP contribution in [0.1, 0.15) is 22.3 Å². The zero-order valence-electron chi connectivity index (χ0n) is 29.1. The zero-order chi connectivity index (χ0) is 34.2. The van der Waals surface area contributed by atoms with E-state index in [0.29, 0.717) is 0 Å². The molecule has 0 aliphatic rings. The molecule has 0 bridgehead atoms. The first-order valence-electron chi connectivity index (χ1n) is 17.4. The Morgan fingerprint density at radius 3 is 1.04 bits per heavy atom. The second-order valence-corrected chi connectivity index (χ2v) is 13.3. The maximum absolute atomic E-state index is 2.40. The van der Waals surface area contributed by atoms with Crippen molar-refractivity contribution < 1.29 is 0 Å². The highest BCUT2D eigenvalue weighted by Crippen LogP contribution is 2.43. The Morgan fingerprint density at radius 1 is 0.280 bits per heavy atom. The van der Waals surface area contributed by atoms with Crippen LogP contribution in [-0.4, -0.2) is 0 Å². The average Bonchev–Trinajstić information content (AvgIpc) is 3.14. The maximum atomic E-state index is 2.40. The lowest BCUT2D eigenvalue weighted by Crippen LogP contribution is -2.13. The van der Waals surface area contributed by atoms with Crippen LogP contribution < -0.4 is 9.80 Å². The van der Waals surface area contributed by atoms with Gasteiger partial charge in [0.05, 0.1) is 0 Å². The van der Waals surface area contributed by atoms with Crippen LogP contribution in [0.4, 0.5) is 34.1 Å². The topological polar surface area (TPSA) is 6.48 Å². The van der Waals surface area contributed by atoms with Crippen molar-refractivity contribution in [3.8, 4) is 11.1 Å². The molecule has 0 atom stereocenters. The molecule has 0 unspecified atom stereocenters. The van der Waals surface area contributed by atoms with Gasteiger partial charge in [0.25, 0.3) is 0 Å². The molecule has 0 amide bonds. The van der Waals surface area contributed by atoms with Crippen molar-refractivity contribution in [2.24, 2.45) is 0 Å². The van der Waals surface area contributed by atoms with Gasteiger partial charge in [0, 0.05) is 34.1 Å². The van der Waals surface area contributed by atoms with Gasteiger partial charge >= 0.3 is 0 Å². The second-order valence-electron chi connectivity index (χ2n) is 13.3. The first-order valence-corrected chi connectivity index (χ1v) is 17.4. The van der Waals surface area contributed by atoms with Crippen molar-refractivity contribution in [3.63, 3.8) is 0 Å². The Labute approximate surface area is 295 Å². The molecule has 8 rings (SSSR count). The molecule has 8 aromatic carbocycles. The van der Waals surface area contributed by atoms with E-state index in [1.54, 1.807) is 0 Å². The van der Waals surface area contributed by atoms with Gasteiger partial charge in [-0.1, -0.05) is 109 Å². The summed E-state index contributed by atoms with van der Waals surface area (Å²) >= 11 is 0. The van der Waals surface area contributed by atoms with Gasteiger partial charge in [0.15, 0.2) is 0 Å². The molecule has 50 heavy (non-hydrogen) atoms. The minimum Gasteiger partial charge on any atom is -0.310 e. The standard InChI is InChI=1S/C48H40N2/c1-33-13-5-11-19-45(33)49(43-25-21-37-15-7-9-17-39(37)31-43)47-27-23-41(29-35(47)3)42-24-28-48(36(4)30-42)50(46-20-12-6-14-34(46)2)44-26-22-38-16-8-10-18-40(38)32-44/h5-32H,1-4H3. The molecule has 8 aromatic rings. The Hall–Kier alpha value is -6.12. The summed E-state index contributed by atoms with van der Waals surface area (Å²) in [6, 6.07) is 61.7. The molecule has 0 radical (unpaired) electrons. The van der Waals surface area contributed by atoms with Gasteiger partial charge in [-0.05, 0) is 143 Å². The minimum atomic E-state index is 1.15. The molecular weight excluding hydrogens is 605 g/mol. The lowest BCUT2D eigenvalue weighted by atomic mass is 9.98. The number of benzene rings is 8. The fraction of sp³-hybridized carbons (Fsp3) is 0.0833. The number of rotatable bonds is 7. The minimum absolute atomic E-state index is 1.15. The Bertz CT molecular complexity index is 2330. The van der Waals surface area contributed by atoms with E-state index in [9.17, 15) is 0 Å². The van der Waals surface area contributed by atoms with E-state index < -0.39 is 0 Å². The van der Waals surface area contributed by atoms with E-state index in [-0.39, 0.29) is 0 Å². The lowest BCUT2D eigenvalue weighted by molar-refractivity contribution is 1.22. The largest absolute Gasteiger partial charge is 0.310 e. The molecule has 0 saturated heterocycles. The lowest BCUT2D eigenvalue weighted by Gasteiger charge is -2.29. The highest BCUT2D eigenvalue weighted by atomic mass is 15.2. The molecule has 0 saturated carbocycles. The molecule has 0 fully saturated rings. The monoisotopic (exact) mass is 644 g/mol. The van der Waals surface area contributed by atoms with E-state index in [0.717, 1.165) is 11.4 Å². The van der Waals surface area contributed by atoms with Gasteiger partial charge in [-0.25, -0.2) is 0 Å². The van der Waals surface area contributed by atoms with Crippen LogP contribution in [0, 0.1) is 27.7 Å². The SMILES string of the molecule is Cc1ccccc1N(c1ccc2ccccc2c1)c1ccc(-c2ccc(N(c3ccc4ccccc4c3)c3ccccc3C)c(C)c2)cc1C. The third-order valence-electron chi connectivity index (χ3n) is 9.90. The van der Waals surface area contributed by atoms with Crippen LogP contribution in [-0.2, 0) is 0 Å². The average molecular weight is 645 g/mol. The third-order valence-corrected chi connectivity index (χ3v) is 9.90. The van der Waals surface area contributed by atoms with Crippen molar-refractivity contribution in [1.82, 2.24) is 0 Å². The van der Waals surface area contributed by atoms with Crippen molar-refractivity contribution in [2.75, 3.05) is 9.80 Å². The maximum Gasteiger partial charge on any atom is 0.0491 e. The summed E-state index contributed by atoms with van der Waals surface area (Å²) in [6.45, 7) is 8.84. The van der Waals surface area contributed by atoms with E-state index >= 15 is 0 Å². The number of nitrogens with zero attached hydrogens (tertiary/aromatic N) is 2. The Morgan fingerprint density at radius 2 is 0.640 bits per heavy atom. The van der Waals surface area contributed by atoms with Crippen molar-refractivity contribution in [2.45, 2.75) is 27.7 Å². The van der Waals surface area contributed by atoms with Crippen molar-refractivity contribution >= 4 is 55.7 Å². The molecule has 0 heterocycles. The van der Waals surface area contributed by atoms with E-state index in [1.807, 2.05) is 0 Å². The predicted molar refractivity (Wildman–Crippen MR) is 215 cm³/mol. The zero-order valence-corrected chi connectivity index (χ0v) is 29.1. The molecule has 2 heteroatoms. The predicted octanol–water partition coefficient (Wildman–Crippen LogP) is 13.8. The second kappa shape index (κ2) is 13.1. The highest BCUT2D eigenvalue weighted by Gasteiger charge is 2.20. The fourth-order valence-corrected chi connectivity index (χ4v) is 7.25. The van der Waals surface area contributed by atoms with Crippen LogP contribution in [0.15, 0.2) is 170 Å². The van der Waals surface area contributed by atoms with Crippen LogP contribution in [0.3, 0.4) is 0 Å². The normalized spacial score (nSPS) is 11.2. The van der Waals surface area contributed by atoms with Crippen LogP contribution in [0.5, 0.6) is 0 Å². The molecule has 0 aromatic heterocycles. The van der Waals surface area contributed by atoms with Gasteiger partial charge in [0.1, 0.15) is 0 Å². The number of hydrogen-bond acceptors (Lipinski definition) is 2. The smallest absolute Gasteiger partial charge is 0.0491 e. The third kappa shape index (κ3) is 5.80. The summed E-state index contributed by atoms with van der Waals surface area (Å²) in [6.07, 6.45) is 0. The van der Waals surface area contributed by atoms with Gasteiger partial charge < -0.3 is 9.80 Å². The first-order chi connectivity index (χ1) is 24.4. The van der Waals surface area contributed by atoms with E-state index in [1.165, 1.54) is 77.7 Å². The van der Waals surface area contributed by atoms with Gasteiger partial charge in [-0.3, -0.25) is 0 Å². The summed E-state index contributed by atoms with van der Waals surface area (Å²) < 4.78 is 0. The van der Waals surface area contributed by atoms with Gasteiger partial charge in [-0.15, -0.1) is 0 Å².